The van der Waals surface area contributed by atoms with Crippen molar-refractivity contribution in [3.63, 3.8) is 0 Å². The lowest BCUT2D eigenvalue weighted by Gasteiger charge is -2.34. The van der Waals surface area contributed by atoms with Gasteiger partial charge in [0.2, 0.25) is 0 Å². The summed E-state index contributed by atoms with van der Waals surface area (Å²) in [5.74, 6) is 0. The first-order chi connectivity index (χ1) is 6.18. The van der Waals surface area contributed by atoms with Crippen LogP contribution in [0.1, 0.15) is 19.3 Å². The smallest absolute Gasteiger partial charge is 0.0628 e. The van der Waals surface area contributed by atoms with Crippen LogP contribution in [0.3, 0.4) is 0 Å². The molecule has 0 radical (unpaired) electrons. The normalized spacial score (nSPS) is 36.0. The average molecular weight is 184 g/mol. The van der Waals surface area contributed by atoms with E-state index in [9.17, 15) is 5.11 Å². The summed E-state index contributed by atoms with van der Waals surface area (Å²) in [6.07, 6.45) is 3.86. The van der Waals surface area contributed by atoms with Crippen LogP contribution in [0, 0.1) is 0 Å². The second kappa shape index (κ2) is 3.23. The molecular formula is C10H20N2O. The van der Waals surface area contributed by atoms with Gasteiger partial charge in [0.05, 0.1) is 12.1 Å². The second-order valence-corrected chi connectivity index (χ2v) is 4.73. The van der Waals surface area contributed by atoms with Crippen LogP contribution in [0.2, 0.25) is 0 Å². The summed E-state index contributed by atoms with van der Waals surface area (Å²) in [4.78, 5) is 4.73. The summed E-state index contributed by atoms with van der Waals surface area (Å²) in [6.45, 7) is 2.52. The van der Waals surface area contributed by atoms with Gasteiger partial charge in [-0.25, -0.2) is 0 Å². The zero-order valence-electron chi connectivity index (χ0n) is 8.66. The zero-order chi connectivity index (χ0) is 9.47. The lowest BCUT2D eigenvalue weighted by Crippen LogP contribution is -2.49. The molecule has 1 heterocycles. The molecule has 0 aromatic carbocycles. The fraction of sp³-hybridized carbons (Fsp3) is 1.00. The van der Waals surface area contributed by atoms with Crippen molar-refractivity contribution in [1.29, 1.82) is 0 Å². The van der Waals surface area contributed by atoms with Crippen molar-refractivity contribution in [2.45, 2.75) is 30.8 Å². The van der Waals surface area contributed by atoms with E-state index in [1.807, 2.05) is 0 Å². The Bertz CT molecular complexity index is 191. The maximum Gasteiger partial charge on any atom is 0.0628 e. The number of hydrogen-bond acceptors (Lipinski definition) is 3. The standard InChI is InChI=1S/C10H20N2O/c1-11(2)10(8-13)5-6-12(7-10)9-3-4-9/h9,13H,3-8H2,1-2H3. The lowest BCUT2D eigenvalue weighted by atomic mass is 9.99. The molecule has 13 heavy (non-hydrogen) atoms. The van der Waals surface area contributed by atoms with Crippen molar-refractivity contribution < 1.29 is 5.11 Å². The van der Waals surface area contributed by atoms with Crippen molar-refractivity contribution in [2.24, 2.45) is 0 Å². The molecule has 3 heteroatoms. The van der Waals surface area contributed by atoms with E-state index in [2.05, 4.69) is 23.9 Å². The van der Waals surface area contributed by atoms with Crippen LogP contribution in [0.5, 0.6) is 0 Å². The fourth-order valence-corrected chi connectivity index (χ4v) is 2.27. The molecule has 1 atom stereocenters. The zero-order valence-corrected chi connectivity index (χ0v) is 8.66. The number of likely N-dealkylation sites (N-methyl/N-ethyl adjacent to an activating group) is 1. The van der Waals surface area contributed by atoms with Crippen LogP contribution in [-0.4, -0.2) is 60.3 Å². The maximum absolute atomic E-state index is 9.44. The Balaban J connectivity index is 1.99. The van der Waals surface area contributed by atoms with Crippen molar-refractivity contribution in [2.75, 3.05) is 33.8 Å². The van der Waals surface area contributed by atoms with Gasteiger partial charge in [-0.3, -0.25) is 4.90 Å². The Labute approximate surface area is 80.3 Å². The summed E-state index contributed by atoms with van der Waals surface area (Å²) in [5, 5.41) is 9.44. The van der Waals surface area contributed by atoms with E-state index < -0.39 is 0 Å². The van der Waals surface area contributed by atoms with Crippen molar-refractivity contribution >= 4 is 0 Å². The van der Waals surface area contributed by atoms with Gasteiger partial charge in [-0.15, -0.1) is 0 Å². The molecule has 3 nitrogen and oxygen atoms in total. The van der Waals surface area contributed by atoms with E-state index in [0.717, 1.165) is 19.0 Å². The van der Waals surface area contributed by atoms with Crippen molar-refractivity contribution in [3.8, 4) is 0 Å². The fourth-order valence-electron chi connectivity index (χ4n) is 2.27. The number of likely N-dealkylation sites (tertiary alicyclic amines) is 1. The molecule has 2 aliphatic rings. The number of nitrogens with zero attached hydrogens (tertiary/aromatic N) is 2. The molecule has 1 saturated heterocycles. The van der Waals surface area contributed by atoms with Gasteiger partial charge in [0.15, 0.2) is 0 Å². The number of aliphatic hydroxyl groups is 1. The first-order valence-electron chi connectivity index (χ1n) is 5.20. The Morgan fingerprint density at radius 1 is 1.46 bits per heavy atom. The maximum atomic E-state index is 9.44. The van der Waals surface area contributed by atoms with Gasteiger partial charge >= 0.3 is 0 Å². The van der Waals surface area contributed by atoms with Gasteiger partial charge < -0.3 is 10.0 Å². The quantitative estimate of drug-likeness (QED) is 0.676. The summed E-state index contributed by atoms with van der Waals surface area (Å²) < 4.78 is 0. The van der Waals surface area contributed by atoms with E-state index in [1.54, 1.807) is 0 Å². The molecule has 1 aliphatic heterocycles. The molecular weight excluding hydrogens is 164 g/mol. The Morgan fingerprint density at radius 3 is 2.54 bits per heavy atom. The highest BCUT2D eigenvalue weighted by Crippen LogP contribution is 2.34. The molecule has 76 valence electrons. The minimum Gasteiger partial charge on any atom is -0.394 e. The van der Waals surface area contributed by atoms with Gasteiger partial charge in [-0.1, -0.05) is 0 Å². The minimum atomic E-state index is 0.0442. The van der Waals surface area contributed by atoms with Crippen LogP contribution < -0.4 is 0 Å². The lowest BCUT2D eigenvalue weighted by molar-refractivity contribution is 0.0736. The monoisotopic (exact) mass is 184 g/mol. The van der Waals surface area contributed by atoms with Crippen LogP contribution in [0.4, 0.5) is 0 Å². The third-order valence-corrected chi connectivity index (χ3v) is 3.67. The molecule has 0 spiro atoms. The Morgan fingerprint density at radius 2 is 2.15 bits per heavy atom. The summed E-state index contributed by atoms with van der Waals surface area (Å²) in [7, 11) is 4.15. The van der Waals surface area contributed by atoms with Gasteiger partial charge in [0, 0.05) is 19.1 Å². The van der Waals surface area contributed by atoms with E-state index in [1.165, 1.54) is 19.4 Å². The molecule has 1 aliphatic carbocycles. The largest absolute Gasteiger partial charge is 0.394 e. The van der Waals surface area contributed by atoms with Gasteiger partial charge in [0.25, 0.3) is 0 Å². The molecule has 2 rings (SSSR count). The predicted octanol–water partition coefficient (Wildman–Crippen LogP) is 0.147. The van der Waals surface area contributed by atoms with E-state index in [0.29, 0.717) is 6.61 Å². The third kappa shape index (κ3) is 1.60. The first kappa shape index (κ1) is 9.44. The summed E-state index contributed by atoms with van der Waals surface area (Å²) in [5.41, 5.74) is 0.0442. The van der Waals surface area contributed by atoms with Crippen LogP contribution in [-0.2, 0) is 0 Å². The average Bonchev–Trinajstić information content (AvgIpc) is 2.85. The molecule has 0 amide bonds. The number of aliphatic hydroxyl groups excluding tert-OH is 1. The highest BCUT2D eigenvalue weighted by molar-refractivity contribution is 5.01. The molecule has 2 fully saturated rings. The van der Waals surface area contributed by atoms with Crippen molar-refractivity contribution in [1.82, 2.24) is 9.80 Å². The molecule has 0 aromatic rings. The minimum absolute atomic E-state index is 0.0442. The molecule has 1 saturated carbocycles. The van der Waals surface area contributed by atoms with E-state index in [4.69, 9.17) is 0 Å². The second-order valence-electron chi connectivity index (χ2n) is 4.73. The topological polar surface area (TPSA) is 26.7 Å². The van der Waals surface area contributed by atoms with E-state index >= 15 is 0 Å². The predicted molar refractivity (Wildman–Crippen MR) is 52.7 cm³/mol. The van der Waals surface area contributed by atoms with Gasteiger partial charge in [-0.2, -0.15) is 0 Å². The SMILES string of the molecule is CN(C)C1(CO)CCN(C2CC2)C1. The molecule has 1 N–H and O–H groups in total. The highest BCUT2D eigenvalue weighted by Gasteiger charge is 2.44. The third-order valence-electron chi connectivity index (χ3n) is 3.67. The van der Waals surface area contributed by atoms with E-state index in [-0.39, 0.29) is 5.54 Å². The van der Waals surface area contributed by atoms with Crippen LogP contribution in [0.25, 0.3) is 0 Å². The first-order valence-corrected chi connectivity index (χ1v) is 5.20. The van der Waals surface area contributed by atoms with Gasteiger partial charge in [0.1, 0.15) is 0 Å². The summed E-state index contributed by atoms with van der Waals surface area (Å²) >= 11 is 0. The highest BCUT2D eigenvalue weighted by atomic mass is 16.3. The van der Waals surface area contributed by atoms with Gasteiger partial charge in [-0.05, 0) is 33.4 Å². The van der Waals surface area contributed by atoms with Crippen LogP contribution in [0.15, 0.2) is 0 Å². The van der Waals surface area contributed by atoms with Crippen molar-refractivity contribution in [3.05, 3.63) is 0 Å². The number of rotatable bonds is 3. The molecule has 0 aromatic heterocycles. The Hall–Kier alpha value is -0.120. The Kier molecular flexibility index (Phi) is 2.34. The number of hydrogen-bond donors (Lipinski definition) is 1. The van der Waals surface area contributed by atoms with Crippen LogP contribution >= 0.6 is 0 Å². The summed E-state index contributed by atoms with van der Waals surface area (Å²) in [6, 6.07) is 0.841. The molecule has 0 bridgehead atoms. The molecule has 1 unspecified atom stereocenters.